The number of benzene rings is 3. The average Bonchev–Trinajstić information content (AvgIpc) is 3.58. The summed E-state index contributed by atoms with van der Waals surface area (Å²) in [6, 6.07) is 23.4. The number of nitrogens with one attached hydrogen (secondary N) is 1. The van der Waals surface area contributed by atoms with Crippen LogP contribution in [0.25, 0.3) is 32.7 Å². The smallest absolute Gasteiger partial charge is 0.268 e. The number of thiazole rings is 1. The van der Waals surface area contributed by atoms with E-state index in [1.165, 1.54) is 0 Å². The van der Waals surface area contributed by atoms with E-state index in [2.05, 4.69) is 4.98 Å². The Morgan fingerprint density at radius 2 is 1.86 bits per heavy atom. The van der Waals surface area contributed by atoms with E-state index in [1.54, 1.807) is 22.4 Å². The van der Waals surface area contributed by atoms with E-state index in [0.717, 1.165) is 32.7 Å². The van der Waals surface area contributed by atoms with Gasteiger partial charge in [-0.1, -0.05) is 55.5 Å². The molecule has 0 spiro atoms. The maximum Gasteiger partial charge on any atom is 0.268 e. The molecule has 0 aliphatic carbocycles. The van der Waals surface area contributed by atoms with E-state index in [0.29, 0.717) is 23.4 Å². The van der Waals surface area contributed by atoms with Gasteiger partial charge in [0.15, 0.2) is 11.9 Å². The Balaban J connectivity index is 1.36. The monoisotopic (exact) mass is 493 g/mol. The Bertz CT molecular complexity index is 1590. The van der Waals surface area contributed by atoms with E-state index in [-0.39, 0.29) is 18.2 Å². The average molecular weight is 494 g/mol. The predicted octanol–water partition coefficient (Wildman–Crippen LogP) is 6.35. The second-order valence-corrected chi connectivity index (χ2v) is 9.55. The summed E-state index contributed by atoms with van der Waals surface area (Å²) in [6.45, 7) is 1.84. The van der Waals surface area contributed by atoms with Crippen LogP contribution in [0.2, 0.25) is 0 Å². The largest absolute Gasteiger partial charge is 0.478 e. The summed E-state index contributed by atoms with van der Waals surface area (Å²) in [6.07, 6.45) is 1.61. The molecule has 3 heterocycles. The van der Waals surface area contributed by atoms with Crippen molar-refractivity contribution in [3.8, 4) is 27.6 Å². The SMILES string of the molecule is CCC1Oc2ccc(-c3csc(-c4ccccc4)n3)cc2N(CC(=O)c2c[nH]c3ccccc23)C1=O. The van der Waals surface area contributed by atoms with Crippen LogP contribution in [0.15, 0.2) is 84.4 Å². The number of para-hydroxylation sites is 1. The summed E-state index contributed by atoms with van der Waals surface area (Å²) < 4.78 is 6.01. The van der Waals surface area contributed by atoms with Crippen molar-refractivity contribution < 1.29 is 14.3 Å². The lowest BCUT2D eigenvalue weighted by atomic mass is 10.0. The molecule has 0 saturated heterocycles. The third-order valence-electron chi connectivity index (χ3n) is 6.44. The topological polar surface area (TPSA) is 75.3 Å². The summed E-state index contributed by atoms with van der Waals surface area (Å²) in [7, 11) is 0. The zero-order valence-electron chi connectivity index (χ0n) is 19.6. The number of aromatic amines is 1. The second-order valence-electron chi connectivity index (χ2n) is 8.70. The number of aromatic nitrogens is 2. The lowest BCUT2D eigenvalue weighted by Gasteiger charge is -2.34. The standard InChI is InChI=1S/C29H23N3O3S/c1-2-26-29(34)32(16-25(33)21-15-30-22-11-7-6-10-20(21)22)24-14-19(12-13-27(24)35-26)23-17-36-28(31-23)18-8-4-3-5-9-18/h3-15,17,26,30H,2,16H2,1H3. The molecule has 1 aliphatic rings. The first-order valence-corrected chi connectivity index (χ1v) is 12.7. The number of fused-ring (bicyclic) bond motifs is 2. The molecule has 1 atom stereocenters. The van der Waals surface area contributed by atoms with Gasteiger partial charge in [0, 0.05) is 39.2 Å². The van der Waals surface area contributed by atoms with Gasteiger partial charge in [-0.05, 0) is 30.7 Å². The molecule has 2 aromatic heterocycles. The number of ether oxygens (including phenoxy) is 1. The number of ketones is 1. The molecule has 3 aromatic carbocycles. The molecule has 0 saturated carbocycles. The number of amides is 1. The van der Waals surface area contributed by atoms with Crippen molar-refractivity contribution in [3.05, 3.63) is 89.9 Å². The van der Waals surface area contributed by atoms with E-state index in [4.69, 9.17) is 9.72 Å². The van der Waals surface area contributed by atoms with E-state index in [9.17, 15) is 9.59 Å². The first-order chi connectivity index (χ1) is 17.6. The number of nitrogens with zero attached hydrogens (tertiary/aromatic N) is 2. The van der Waals surface area contributed by atoms with Crippen LogP contribution in [0.1, 0.15) is 23.7 Å². The molecule has 6 rings (SSSR count). The molecule has 178 valence electrons. The summed E-state index contributed by atoms with van der Waals surface area (Å²) >= 11 is 1.57. The fourth-order valence-electron chi connectivity index (χ4n) is 4.56. The van der Waals surface area contributed by atoms with E-state index >= 15 is 0 Å². The van der Waals surface area contributed by atoms with Gasteiger partial charge in [-0.2, -0.15) is 0 Å². The van der Waals surface area contributed by atoms with Gasteiger partial charge in [-0.25, -0.2) is 4.98 Å². The van der Waals surface area contributed by atoms with Crippen LogP contribution in [-0.4, -0.2) is 34.3 Å². The minimum absolute atomic E-state index is 0.0661. The highest BCUT2D eigenvalue weighted by Gasteiger charge is 2.35. The van der Waals surface area contributed by atoms with E-state index in [1.807, 2.05) is 85.1 Å². The number of carbonyl (C=O) groups is 2. The highest BCUT2D eigenvalue weighted by molar-refractivity contribution is 7.13. The number of anilines is 1. The summed E-state index contributed by atoms with van der Waals surface area (Å²) in [5.41, 5.74) is 4.79. The number of hydrogen-bond acceptors (Lipinski definition) is 5. The van der Waals surface area contributed by atoms with Crippen molar-refractivity contribution in [2.24, 2.45) is 0 Å². The molecule has 0 bridgehead atoms. The normalized spacial score (nSPS) is 15.1. The van der Waals surface area contributed by atoms with Gasteiger partial charge in [-0.3, -0.25) is 14.5 Å². The molecule has 36 heavy (non-hydrogen) atoms. The molecule has 1 N–H and O–H groups in total. The number of carbonyl (C=O) groups excluding carboxylic acids is 2. The zero-order valence-corrected chi connectivity index (χ0v) is 20.4. The van der Waals surface area contributed by atoms with Gasteiger partial charge in [0.2, 0.25) is 0 Å². The summed E-state index contributed by atoms with van der Waals surface area (Å²) in [5, 5.41) is 3.78. The van der Waals surface area contributed by atoms with Crippen LogP contribution < -0.4 is 9.64 Å². The first kappa shape index (κ1) is 22.2. The Morgan fingerprint density at radius 3 is 2.69 bits per heavy atom. The maximum atomic E-state index is 13.4. The van der Waals surface area contributed by atoms with Gasteiger partial charge < -0.3 is 9.72 Å². The lowest BCUT2D eigenvalue weighted by Crippen LogP contribution is -2.47. The van der Waals surface area contributed by atoms with Crippen LogP contribution in [0.5, 0.6) is 5.75 Å². The van der Waals surface area contributed by atoms with Crippen LogP contribution >= 0.6 is 11.3 Å². The van der Waals surface area contributed by atoms with Crippen molar-refractivity contribution in [2.75, 3.05) is 11.4 Å². The molecule has 0 radical (unpaired) electrons. The molecule has 1 amide bonds. The van der Waals surface area contributed by atoms with Crippen molar-refractivity contribution in [1.29, 1.82) is 0 Å². The highest BCUT2D eigenvalue weighted by Crippen LogP contribution is 2.39. The van der Waals surface area contributed by atoms with Gasteiger partial charge in [0.1, 0.15) is 10.8 Å². The Hall–Kier alpha value is -4.23. The maximum absolute atomic E-state index is 13.4. The van der Waals surface area contributed by atoms with Gasteiger partial charge in [-0.15, -0.1) is 11.3 Å². The molecule has 0 fully saturated rings. The van der Waals surface area contributed by atoms with Gasteiger partial charge >= 0.3 is 0 Å². The number of Topliss-reactive ketones (excluding diaryl/α,β-unsaturated/α-hetero) is 1. The molecular weight excluding hydrogens is 470 g/mol. The van der Waals surface area contributed by atoms with Crippen LogP contribution in [0.4, 0.5) is 5.69 Å². The third kappa shape index (κ3) is 3.87. The molecule has 7 heteroatoms. The molecule has 1 unspecified atom stereocenters. The number of hydrogen-bond donors (Lipinski definition) is 1. The van der Waals surface area contributed by atoms with Crippen molar-refractivity contribution in [2.45, 2.75) is 19.4 Å². The van der Waals surface area contributed by atoms with Crippen LogP contribution in [0.3, 0.4) is 0 Å². The van der Waals surface area contributed by atoms with Crippen LogP contribution in [0, 0.1) is 0 Å². The highest BCUT2D eigenvalue weighted by atomic mass is 32.1. The molecule has 6 nitrogen and oxygen atoms in total. The zero-order chi connectivity index (χ0) is 24.6. The number of rotatable bonds is 6. The quantitative estimate of drug-likeness (QED) is 0.280. The van der Waals surface area contributed by atoms with Crippen LogP contribution in [-0.2, 0) is 4.79 Å². The summed E-state index contributed by atoms with van der Waals surface area (Å²) in [5.74, 6) is 0.253. The van der Waals surface area contributed by atoms with Gasteiger partial charge in [0.25, 0.3) is 5.91 Å². The Morgan fingerprint density at radius 1 is 1.06 bits per heavy atom. The van der Waals surface area contributed by atoms with Crippen molar-refractivity contribution >= 4 is 39.6 Å². The number of H-pyrrole nitrogens is 1. The Labute approximate surface area is 212 Å². The molecule has 1 aliphatic heterocycles. The lowest BCUT2D eigenvalue weighted by molar-refractivity contribution is -0.126. The van der Waals surface area contributed by atoms with E-state index < -0.39 is 6.10 Å². The molecular formula is C29H23N3O3S. The summed E-state index contributed by atoms with van der Waals surface area (Å²) in [4.78, 5) is 36.3. The minimum Gasteiger partial charge on any atom is -0.478 e. The third-order valence-corrected chi connectivity index (χ3v) is 7.33. The minimum atomic E-state index is -0.622. The van der Waals surface area contributed by atoms with Crippen molar-refractivity contribution in [1.82, 2.24) is 9.97 Å². The van der Waals surface area contributed by atoms with Gasteiger partial charge in [0.05, 0.1) is 17.9 Å². The second kappa shape index (κ2) is 9.09. The molecule has 5 aromatic rings. The Kier molecular flexibility index (Phi) is 5.62. The fraction of sp³-hybridized carbons (Fsp3) is 0.138. The fourth-order valence-corrected chi connectivity index (χ4v) is 5.39. The predicted molar refractivity (Wildman–Crippen MR) is 143 cm³/mol. The first-order valence-electron chi connectivity index (χ1n) is 11.8. The van der Waals surface area contributed by atoms with Crippen molar-refractivity contribution in [3.63, 3.8) is 0 Å².